The third-order valence-electron chi connectivity index (χ3n) is 12.9. The lowest BCUT2D eigenvalue weighted by atomic mass is 10.1. The molecule has 0 aliphatic carbocycles. The number of hydrogen-bond donors (Lipinski definition) is 3. The number of carbonyl (C=O) groups is 1. The first kappa shape index (κ1) is 45.1. The molecule has 0 unspecified atom stereocenters. The zero-order valence-electron chi connectivity index (χ0n) is 37.4. The molecule has 61 heavy (non-hydrogen) atoms. The Labute approximate surface area is 358 Å². The van der Waals surface area contributed by atoms with Gasteiger partial charge in [0.25, 0.3) is 11.5 Å². The predicted octanol–water partition coefficient (Wildman–Crippen LogP) is 5.84. The second-order valence-corrected chi connectivity index (χ2v) is 29.4. The van der Waals surface area contributed by atoms with Crippen LogP contribution in [0.15, 0.2) is 58.8 Å². The number of nitrogens with zero attached hydrogens (tertiary/aromatic N) is 5. The highest BCUT2D eigenvalue weighted by Crippen LogP contribution is 2.45. The largest absolute Gasteiger partial charge is 0.414 e. The van der Waals surface area contributed by atoms with Gasteiger partial charge >= 0.3 is 5.69 Å². The fraction of sp³-hybridized carbons (Fsp3) is 0.619. The van der Waals surface area contributed by atoms with E-state index in [1.165, 1.54) is 10.9 Å². The number of fused-ring (bicyclic) bond motifs is 2. The molecular formula is C42H62N8O9Si2. The van der Waals surface area contributed by atoms with Gasteiger partial charge in [-0.3, -0.25) is 23.7 Å². The van der Waals surface area contributed by atoms with Gasteiger partial charge in [-0.25, -0.2) is 19.7 Å². The molecule has 17 nitrogen and oxygen atoms in total. The molecular weight excluding hydrogens is 817 g/mol. The predicted molar refractivity (Wildman–Crippen MR) is 234 cm³/mol. The van der Waals surface area contributed by atoms with Gasteiger partial charge in [0, 0.05) is 36.8 Å². The first-order valence-corrected chi connectivity index (χ1v) is 26.8. The Bertz CT molecular complexity index is 2340. The van der Waals surface area contributed by atoms with Crippen molar-refractivity contribution >= 4 is 39.5 Å². The lowest BCUT2D eigenvalue weighted by Gasteiger charge is -2.40. The summed E-state index contributed by atoms with van der Waals surface area (Å²) in [4.78, 5) is 55.4. The zero-order chi connectivity index (χ0) is 44.3. The van der Waals surface area contributed by atoms with Gasteiger partial charge < -0.3 is 38.4 Å². The van der Waals surface area contributed by atoms with E-state index in [9.17, 15) is 14.4 Å². The number of amides is 1. The Morgan fingerprint density at radius 2 is 1.61 bits per heavy atom. The van der Waals surface area contributed by atoms with Crippen molar-refractivity contribution in [3.8, 4) is 0 Å². The number of aromatic amines is 1. The van der Waals surface area contributed by atoms with Crippen LogP contribution in [0.4, 0.5) is 5.82 Å². The molecule has 3 N–H and O–H groups in total. The van der Waals surface area contributed by atoms with Gasteiger partial charge in [-0.2, -0.15) is 0 Å². The first-order valence-electron chi connectivity index (χ1n) is 21.0. The molecule has 1 amide bonds. The summed E-state index contributed by atoms with van der Waals surface area (Å²) < 4.78 is 42.7. The van der Waals surface area contributed by atoms with Crippen LogP contribution < -0.4 is 21.9 Å². The SMILES string of the molecule is CC1(C)O[C@@H]2[C@H](O1)[C@@H](CNCc1cn([C@H]3C[C@H](O[Si](C)(C)C(C)(C)C)[C@@H](CO[Si](C)(C)C(C)(C)C)O3)c(=O)[nH]c1=O)O[C@H]2n1cnc2c(NC(=O)c3ccccc3)ncnc21. The van der Waals surface area contributed by atoms with E-state index in [1.54, 1.807) is 41.4 Å². The molecule has 6 heterocycles. The molecule has 7 rings (SSSR count). The Kier molecular flexibility index (Phi) is 12.3. The van der Waals surface area contributed by atoms with E-state index in [0.717, 1.165) is 0 Å². The lowest BCUT2D eigenvalue weighted by Crippen LogP contribution is -2.48. The summed E-state index contributed by atoms with van der Waals surface area (Å²) in [5.41, 5.74) is 0.608. The van der Waals surface area contributed by atoms with Crippen LogP contribution in [0.2, 0.25) is 36.3 Å². The summed E-state index contributed by atoms with van der Waals surface area (Å²) in [5.74, 6) is -0.963. The van der Waals surface area contributed by atoms with Gasteiger partial charge in [-0.05, 0) is 62.2 Å². The van der Waals surface area contributed by atoms with Crippen molar-refractivity contribution in [1.82, 2.24) is 34.4 Å². The van der Waals surface area contributed by atoms with E-state index in [0.29, 0.717) is 35.3 Å². The molecule has 4 aromatic rings. The molecule has 0 saturated carbocycles. The Hall–Kier alpha value is -3.93. The van der Waals surface area contributed by atoms with Crippen molar-refractivity contribution in [1.29, 1.82) is 0 Å². The molecule has 19 heteroatoms. The highest BCUT2D eigenvalue weighted by atomic mass is 28.4. The summed E-state index contributed by atoms with van der Waals surface area (Å²) >= 11 is 0. The number of aromatic nitrogens is 6. The van der Waals surface area contributed by atoms with Crippen molar-refractivity contribution in [3.63, 3.8) is 0 Å². The quantitative estimate of drug-likeness (QED) is 0.136. The van der Waals surface area contributed by atoms with Crippen LogP contribution in [0, 0.1) is 0 Å². The van der Waals surface area contributed by atoms with E-state index in [4.69, 9.17) is 27.8 Å². The van der Waals surface area contributed by atoms with Crippen LogP contribution in [0.25, 0.3) is 11.2 Å². The normalized spacial score (nSPS) is 25.6. The lowest BCUT2D eigenvalue weighted by molar-refractivity contribution is -0.195. The first-order chi connectivity index (χ1) is 28.4. The van der Waals surface area contributed by atoms with Crippen LogP contribution in [0.1, 0.15) is 90.2 Å². The van der Waals surface area contributed by atoms with E-state index in [-0.39, 0.29) is 41.0 Å². The number of benzene rings is 1. The summed E-state index contributed by atoms with van der Waals surface area (Å²) in [5, 5.41) is 6.17. The molecule has 3 saturated heterocycles. The van der Waals surface area contributed by atoms with Gasteiger partial charge in [-0.15, -0.1) is 0 Å². The van der Waals surface area contributed by atoms with Crippen LogP contribution >= 0.6 is 0 Å². The summed E-state index contributed by atoms with van der Waals surface area (Å²) in [6.07, 6.45) is 1.38. The topological polar surface area (TPSA) is 195 Å². The Morgan fingerprint density at radius 3 is 2.30 bits per heavy atom. The monoisotopic (exact) mass is 878 g/mol. The summed E-state index contributed by atoms with van der Waals surface area (Å²) in [7, 11) is -4.35. The molecule has 0 bridgehead atoms. The van der Waals surface area contributed by atoms with E-state index < -0.39 is 70.5 Å². The number of H-pyrrole nitrogens is 1. The van der Waals surface area contributed by atoms with E-state index >= 15 is 0 Å². The third-order valence-corrected chi connectivity index (χ3v) is 21.9. The molecule has 3 fully saturated rings. The van der Waals surface area contributed by atoms with Gasteiger partial charge in [0.05, 0.1) is 19.0 Å². The minimum absolute atomic E-state index is 0.00695. The van der Waals surface area contributed by atoms with Gasteiger partial charge in [-0.1, -0.05) is 59.7 Å². The number of carbonyl (C=O) groups excluding carboxylic acids is 1. The maximum Gasteiger partial charge on any atom is 0.330 e. The number of hydrogen-bond acceptors (Lipinski definition) is 13. The standard InChI is InChI=1S/C42H62N8O9Si2/c1-40(2,3)60(9,10)54-22-29-27(59-61(11,12)41(4,5)6)18-30(55-29)49-21-26(37(52)48-39(49)53)19-43-20-28-32-33(58-42(7,8)57-32)38(56-28)50-24-46-31-34(44-23-45-35(31)50)47-36(51)25-16-14-13-15-17-25/h13-17,21,23-24,27-30,32-33,38,43H,18-20,22H2,1-12H3,(H,48,52,53)(H,44,45,47,51)/t27-,28+,29+,30+,32+,33+,38+/m0/s1. The molecule has 0 radical (unpaired) electrons. The number of anilines is 1. The maximum atomic E-state index is 13.4. The zero-order valence-corrected chi connectivity index (χ0v) is 39.4. The fourth-order valence-corrected chi connectivity index (χ4v) is 9.74. The number of rotatable bonds is 13. The highest BCUT2D eigenvalue weighted by molar-refractivity contribution is 6.74. The molecule has 1 aromatic carbocycles. The Morgan fingerprint density at radius 1 is 0.918 bits per heavy atom. The van der Waals surface area contributed by atoms with Gasteiger partial charge in [0.2, 0.25) is 0 Å². The van der Waals surface area contributed by atoms with Crippen molar-refractivity contribution < 1.29 is 32.6 Å². The molecule has 7 atom stereocenters. The van der Waals surface area contributed by atoms with E-state index in [1.807, 2.05) is 19.9 Å². The fourth-order valence-electron chi connectivity index (χ4n) is 7.37. The van der Waals surface area contributed by atoms with Crippen LogP contribution in [-0.4, -0.2) is 101 Å². The summed E-state index contributed by atoms with van der Waals surface area (Å²) in [6.45, 7) is 26.5. The maximum absolute atomic E-state index is 13.4. The molecule has 3 aliphatic rings. The smallest absolute Gasteiger partial charge is 0.330 e. The Balaban J connectivity index is 1.06. The second-order valence-electron chi connectivity index (χ2n) is 19.8. The molecule has 3 aromatic heterocycles. The third kappa shape index (κ3) is 9.40. The minimum atomic E-state index is -2.23. The number of ether oxygens (including phenoxy) is 4. The van der Waals surface area contributed by atoms with Crippen LogP contribution in [-0.2, 0) is 34.3 Å². The van der Waals surface area contributed by atoms with Crippen molar-refractivity contribution in [2.75, 3.05) is 18.5 Å². The highest BCUT2D eigenvalue weighted by Gasteiger charge is 2.56. The van der Waals surface area contributed by atoms with Crippen molar-refractivity contribution in [2.24, 2.45) is 0 Å². The van der Waals surface area contributed by atoms with Crippen molar-refractivity contribution in [3.05, 3.63) is 81.1 Å². The van der Waals surface area contributed by atoms with Crippen LogP contribution in [0.3, 0.4) is 0 Å². The van der Waals surface area contributed by atoms with Crippen molar-refractivity contribution in [2.45, 2.75) is 153 Å². The molecule has 3 aliphatic heterocycles. The van der Waals surface area contributed by atoms with Gasteiger partial charge in [0.1, 0.15) is 37.0 Å². The second kappa shape index (κ2) is 16.6. The van der Waals surface area contributed by atoms with Crippen LogP contribution in [0.5, 0.6) is 0 Å². The van der Waals surface area contributed by atoms with E-state index in [2.05, 4.69) is 98.3 Å². The average Bonchev–Trinajstić information content (AvgIpc) is 3.93. The number of nitrogens with one attached hydrogen (secondary N) is 3. The summed E-state index contributed by atoms with van der Waals surface area (Å²) in [6, 6.07) is 8.84. The molecule has 0 spiro atoms. The number of imidazole rings is 1. The molecule has 332 valence electrons. The van der Waals surface area contributed by atoms with Gasteiger partial charge in [0.15, 0.2) is 45.6 Å². The minimum Gasteiger partial charge on any atom is -0.414 e. The average molecular weight is 879 g/mol.